The normalized spacial score (nSPS) is 26.1. The first-order valence-corrected chi connectivity index (χ1v) is 11.4. The van der Waals surface area contributed by atoms with Gasteiger partial charge in [0.1, 0.15) is 0 Å². The van der Waals surface area contributed by atoms with Crippen LogP contribution in [0.15, 0.2) is 24.5 Å². The molecule has 1 N–H and O–H groups in total. The van der Waals surface area contributed by atoms with Crippen LogP contribution in [0.1, 0.15) is 44.6 Å². The van der Waals surface area contributed by atoms with E-state index in [-0.39, 0.29) is 16.9 Å². The number of hydrogen-bond acceptors (Lipinski definition) is 4. The van der Waals surface area contributed by atoms with Crippen molar-refractivity contribution in [1.29, 1.82) is 0 Å². The summed E-state index contributed by atoms with van der Waals surface area (Å²) in [7, 11) is 1.94. The third kappa shape index (κ3) is 3.68. The third-order valence-electron chi connectivity index (χ3n) is 7.61. The Morgan fingerprint density at radius 3 is 2.63 bits per heavy atom. The number of rotatable bonds is 5. The Hall–Kier alpha value is -2.15. The van der Waals surface area contributed by atoms with Gasteiger partial charge in [0.15, 0.2) is 0 Å². The summed E-state index contributed by atoms with van der Waals surface area (Å²) in [6.45, 7) is 7.74. The molecule has 1 atom stereocenters. The average Bonchev–Trinajstić information content (AvgIpc) is 3.21. The zero-order chi connectivity index (χ0) is 21.2. The van der Waals surface area contributed by atoms with Crippen LogP contribution in [0.3, 0.4) is 0 Å². The van der Waals surface area contributed by atoms with Crippen LogP contribution in [0, 0.1) is 10.8 Å². The molecular weight excluding hydrogens is 378 g/mol. The molecule has 0 bridgehead atoms. The Labute approximate surface area is 179 Å². The number of pyridine rings is 1. The molecule has 3 saturated heterocycles. The second-order valence-electron chi connectivity index (χ2n) is 9.42. The van der Waals surface area contributed by atoms with Crippen molar-refractivity contribution in [1.82, 2.24) is 25.0 Å². The fourth-order valence-electron chi connectivity index (χ4n) is 5.88. The maximum Gasteiger partial charge on any atom is 0.317 e. The number of piperidine rings is 1. The van der Waals surface area contributed by atoms with E-state index < -0.39 is 0 Å². The molecule has 0 saturated carbocycles. The molecule has 7 heteroatoms. The van der Waals surface area contributed by atoms with Gasteiger partial charge >= 0.3 is 6.03 Å². The monoisotopic (exact) mass is 413 g/mol. The van der Waals surface area contributed by atoms with Gasteiger partial charge in [-0.1, -0.05) is 19.4 Å². The lowest BCUT2D eigenvalue weighted by molar-refractivity contribution is -0.141. The minimum absolute atomic E-state index is 0.0444. The van der Waals surface area contributed by atoms with Crippen LogP contribution in [0.5, 0.6) is 0 Å². The highest BCUT2D eigenvalue weighted by molar-refractivity contribution is 5.86. The lowest BCUT2D eigenvalue weighted by Crippen LogP contribution is -2.54. The summed E-state index contributed by atoms with van der Waals surface area (Å²) in [5.74, 6) is 0.303. The molecule has 30 heavy (non-hydrogen) atoms. The number of carbonyl (C=O) groups is 2. The minimum Gasteiger partial charge on any atom is -0.345 e. The van der Waals surface area contributed by atoms with Crippen molar-refractivity contribution in [3.8, 4) is 0 Å². The second-order valence-corrected chi connectivity index (χ2v) is 9.42. The third-order valence-corrected chi connectivity index (χ3v) is 7.61. The van der Waals surface area contributed by atoms with Crippen molar-refractivity contribution in [3.05, 3.63) is 30.1 Å². The molecule has 3 aliphatic rings. The first-order chi connectivity index (χ1) is 14.5. The molecule has 0 aliphatic carbocycles. The lowest BCUT2D eigenvalue weighted by atomic mass is 9.60. The predicted octanol–water partition coefficient (Wildman–Crippen LogP) is 2.34. The van der Waals surface area contributed by atoms with E-state index in [1.807, 2.05) is 29.1 Å². The molecule has 1 unspecified atom stereocenters. The lowest BCUT2D eigenvalue weighted by Gasteiger charge is -2.46. The van der Waals surface area contributed by atoms with E-state index in [1.165, 1.54) is 5.56 Å². The molecule has 3 amide bonds. The highest BCUT2D eigenvalue weighted by Crippen LogP contribution is 2.57. The minimum atomic E-state index is -0.311. The number of carbonyl (C=O) groups excluding carboxylic acids is 2. The molecule has 0 radical (unpaired) electrons. The number of nitrogens with zero attached hydrogens (tertiary/aromatic N) is 4. The number of likely N-dealkylation sites (tertiary alicyclic amines) is 3. The summed E-state index contributed by atoms with van der Waals surface area (Å²) >= 11 is 0. The van der Waals surface area contributed by atoms with Crippen molar-refractivity contribution in [2.45, 2.75) is 45.6 Å². The van der Waals surface area contributed by atoms with Crippen LogP contribution in [-0.2, 0) is 11.3 Å². The van der Waals surface area contributed by atoms with Gasteiger partial charge in [0.25, 0.3) is 0 Å². The summed E-state index contributed by atoms with van der Waals surface area (Å²) in [6, 6.07) is 4.13. The fraction of sp³-hybridized carbons (Fsp3) is 0.696. The molecule has 3 fully saturated rings. The van der Waals surface area contributed by atoms with Crippen LogP contribution in [0.4, 0.5) is 4.79 Å². The van der Waals surface area contributed by atoms with Gasteiger partial charge in [-0.25, -0.2) is 4.79 Å². The highest BCUT2D eigenvalue weighted by Gasteiger charge is 2.64. The SMILES string of the molecule is CCCCNC(=O)N1CCC2(CC1)CN(Cc1cccnc1)CC21CCN(C)C1=O. The molecular formula is C23H35N5O2. The molecule has 3 aliphatic heterocycles. The summed E-state index contributed by atoms with van der Waals surface area (Å²) in [6.07, 6.45) is 8.53. The van der Waals surface area contributed by atoms with Crippen molar-refractivity contribution >= 4 is 11.9 Å². The summed E-state index contributed by atoms with van der Waals surface area (Å²) in [5, 5.41) is 3.05. The largest absolute Gasteiger partial charge is 0.345 e. The van der Waals surface area contributed by atoms with E-state index in [2.05, 4.69) is 28.2 Å². The molecule has 7 nitrogen and oxygen atoms in total. The highest BCUT2D eigenvalue weighted by atomic mass is 16.2. The Morgan fingerprint density at radius 2 is 2.00 bits per heavy atom. The van der Waals surface area contributed by atoms with Crippen LogP contribution in [0.25, 0.3) is 0 Å². The number of amides is 3. The zero-order valence-corrected chi connectivity index (χ0v) is 18.4. The molecule has 0 aromatic carbocycles. The summed E-state index contributed by atoms with van der Waals surface area (Å²) in [4.78, 5) is 36.5. The average molecular weight is 414 g/mol. The topological polar surface area (TPSA) is 68.8 Å². The van der Waals surface area contributed by atoms with E-state index in [9.17, 15) is 9.59 Å². The van der Waals surface area contributed by atoms with Crippen molar-refractivity contribution < 1.29 is 9.59 Å². The molecule has 1 aromatic heterocycles. The van der Waals surface area contributed by atoms with Gasteiger partial charge in [-0.05, 0) is 37.3 Å². The van der Waals surface area contributed by atoms with Gasteiger partial charge in [-0.15, -0.1) is 0 Å². The first-order valence-electron chi connectivity index (χ1n) is 11.4. The van der Waals surface area contributed by atoms with E-state index >= 15 is 0 Å². The zero-order valence-electron chi connectivity index (χ0n) is 18.4. The van der Waals surface area contributed by atoms with Gasteiger partial charge in [0, 0.05) is 70.7 Å². The quantitative estimate of drug-likeness (QED) is 0.753. The second kappa shape index (κ2) is 8.53. The van der Waals surface area contributed by atoms with Crippen molar-refractivity contribution in [2.24, 2.45) is 10.8 Å². The predicted molar refractivity (Wildman–Crippen MR) is 116 cm³/mol. The van der Waals surface area contributed by atoms with Gasteiger partial charge < -0.3 is 15.1 Å². The number of fused-ring (bicyclic) bond motifs is 1. The molecule has 4 heterocycles. The Bertz CT molecular complexity index is 762. The number of aromatic nitrogens is 1. The molecule has 4 rings (SSSR count). The smallest absolute Gasteiger partial charge is 0.317 e. The van der Waals surface area contributed by atoms with E-state index in [0.29, 0.717) is 5.91 Å². The Morgan fingerprint density at radius 1 is 1.20 bits per heavy atom. The van der Waals surface area contributed by atoms with E-state index in [1.54, 1.807) is 6.20 Å². The van der Waals surface area contributed by atoms with Crippen molar-refractivity contribution in [2.75, 3.05) is 46.3 Å². The number of unbranched alkanes of at least 4 members (excludes halogenated alkanes) is 1. The first kappa shape index (κ1) is 21.1. The van der Waals surface area contributed by atoms with E-state index in [0.717, 1.165) is 77.9 Å². The van der Waals surface area contributed by atoms with Crippen LogP contribution in [-0.4, -0.2) is 77.9 Å². The summed E-state index contributed by atoms with van der Waals surface area (Å²) in [5.41, 5.74) is 0.836. The standard InChI is InChI=1S/C23H35N5O2/c1-3-4-11-25-21(30)28-13-7-22(8-14-28)17-27(16-19-6-5-10-24-15-19)18-23(22)9-12-26(2)20(23)29/h5-6,10,15H,3-4,7-9,11-14,16-18H2,1-2H3,(H,25,30). The molecule has 2 spiro atoms. The van der Waals surface area contributed by atoms with Crippen LogP contribution >= 0.6 is 0 Å². The van der Waals surface area contributed by atoms with E-state index in [4.69, 9.17) is 0 Å². The van der Waals surface area contributed by atoms with Gasteiger partial charge in [0.2, 0.25) is 5.91 Å². The maximum atomic E-state index is 13.4. The molecule has 1 aromatic rings. The van der Waals surface area contributed by atoms with Gasteiger partial charge in [0.05, 0.1) is 5.41 Å². The van der Waals surface area contributed by atoms with Crippen LogP contribution in [0.2, 0.25) is 0 Å². The number of nitrogens with one attached hydrogen (secondary N) is 1. The Kier molecular flexibility index (Phi) is 6.00. The number of hydrogen-bond donors (Lipinski definition) is 1. The fourth-order valence-corrected chi connectivity index (χ4v) is 5.88. The van der Waals surface area contributed by atoms with Crippen molar-refractivity contribution in [3.63, 3.8) is 0 Å². The maximum absolute atomic E-state index is 13.4. The van der Waals surface area contributed by atoms with Gasteiger partial charge in [-0.3, -0.25) is 14.7 Å². The Balaban J connectivity index is 1.49. The van der Waals surface area contributed by atoms with Gasteiger partial charge in [-0.2, -0.15) is 0 Å². The summed E-state index contributed by atoms with van der Waals surface area (Å²) < 4.78 is 0. The molecule has 164 valence electrons. The van der Waals surface area contributed by atoms with Crippen LogP contribution < -0.4 is 5.32 Å². The number of urea groups is 1.